The number of amides is 2. The molecule has 0 spiro atoms. The summed E-state index contributed by atoms with van der Waals surface area (Å²) < 4.78 is 30.6. The first-order valence-corrected chi connectivity index (χ1v) is 7.58. The number of hydrogen-bond acceptors (Lipinski definition) is 3. The summed E-state index contributed by atoms with van der Waals surface area (Å²) in [7, 11) is 1.51. The average Bonchev–Trinajstić information content (AvgIpc) is 2.49. The number of halogens is 3. The molecule has 23 heavy (non-hydrogen) atoms. The van der Waals surface area contributed by atoms with E-state index in [4.69, 9.17) is 16.3 Å². The van der Waals surface area contributed by atoms with Crippen LogP contribution in [0.2, 0.25) is 5.02 Å². The highest BCUT2D eigenvalue weighted by Gasteiger charge is 2.34. The van der Waals surface area contributed by atoms with Gasteiger partial charge in [-0.05, 0) is 18.9 Å². The third-order valence-electron chi connectivity index (χ3n) is 3.90. The standard InChI is InChI=1S/C15H19ClF2N2O3/c1-23-9-15(22)5-7-20(8-6-15)14(21)19-11-4-2-3-10(12(11)16)13(17)18/h2-4,13,22H,5-9H2,1H3,(H,19,21). The number of piperidine rings is 1. The smallest absolute Gasteiger partial charge is 0.321 e. The van der Waals surface area contributed by atoms with Gasteiger partial charge in [-0.25, -0.2) is 13.6 Å². The summed E-state index contributed by atoms with van der Waals surface area (Å²) in [5.41, 5.74) is -1.11. The second-order valence-electron chi connectivity index (χ2n) is 5.58. The second-order valence-corrected chi connectivity index (χ2v) is 5.96. The molecular weight excluding hydrogens is 330 g/mol. The Labute approximate surface area is 138 Å². The highest BCUT2D eigenvalue weighted by molar-refractivity contribution is 6.34. The van der Waals surface area contributed by atoms with Crippen molar-refractivity contribution in [1.29, 1.82) is 0 Å². The van der Waals surface area contributed by atoms with E-state index in [1.807, 2.05) is 0 Å². The molecule has 0 unspecified atom stereocenters. The van der Waals surface area contributed by atoms with E-state index in [0.29, 0.717) is 25.9 Å². The van der Waals surface area contributed by atoms with Gasteiger partial charge in [0.25, 0.3) is 6.43 Å². The number of methoxy groups -OCH3 is 1. The number of anilines is 1. The molecule has 1 fully saturated rings. The molecule has 0 atom stereocenters. The fraction of sp³-hybridized carbons (Fsp3) is 0.533. The van der Waals surface area contributed by atoms with Crippen LogP contribution in [-0.4, -0.2) is 48.4 Å². The topological polar surface area (TPSA) is 61.8 Å². The fourth-order valence-corrected chi connectivity index (χ4v) is 2.80. The van der Waals surface area contributed by atoms with Crippen molar-refractivity contribution >= 4 is 23.3 Å². The molecule has 5 nitrogen and oxygen atoms in total. The number of rotatable bonds is 4. The molecule has 0 radical (unpaired) electrons. The lowest BCUT2D eigenvalue weighted by molar-refractivity contribution is -0.0642. The zero-order valence-corrected chi connectivity index (χ0v) is 13.4. The van der Waals surface area contributed by atoms with Crippen LogP contribution in [-0.2, 0) is 4.74 Å². The van der Waals surface area contributed by atoms with Gasteiger partial charge < -0.3 is 20.1 Å². The predicted octanol–water partition coefficient (Wildman–Crippen LogP) is 3.28. The van der Waals surface area contributed by atoms with E-state index in [2.05, 4.69) is 5.32 Å². The van der Waals surface area contributed by atoms with Gasteiger partial charge in [-0.1, -0.05) is 23.7 Å². The maximum absolute atomic E-state index is 12.8. The largest absolute Gasteiger partial charge is 0.387 e. The van der Waals surface area contributed by atoms with E-state index in [0.717, 1.165) is 0 Å². The maximum atomic E-state index is 12.8. The minimum atomic E-state index is -2.71. The molecule has 0 bridgehead atoms. The number of aliphatic hydroxyl groups is 1. The minimum Gasteiger partial charge on any atom is -0.387 e. The molecule has 8 heteroatoms. The molecule has 0 aliphatic carbocycles. The number of alkyl halides is 2. The number of nitrogens with one attached hydrogen (secondary N) is 1. The Balaban J connectivity index is 2.00. The lowest BCUT2D eigenvalue weighted by Crippen LogP contribution is -2.49. The molecule has 0 aromatic heterocycles. The molecule has 1 aromatic carbocycles. The summed E-state index contributed by atoms with van der Waals surface area (Å²) in [6.07, 6.45) is -1.93. The molecule has 2 rings (SSSR count). The predicted molar refractivity (Wildman–Crippen MR) is 83.1 cm³/mol. The van der Waals surface area contributed by atoms with Crippen molar-refractivity contribution in [3.63, 3.8) is 0 Å². The Kier molecular flexibility index (Phi) is 5.78. The highest BCUT2D eigenvalue weighted by atomic mass is 35.5. The molecule has 0 saturated carbocycles. The first-order valence-electron chi connectivity index (χ1n) is 7.20. The Hall–Kier alpha value is -1.44. The first kappa shape index (κ1) is 17.9. The number of likely N-dealkylation sites (tertiary alicyclic amines) is 1. The van der Waals surface area contributed by atoms with Gasteiger partial charge in [0.05, 0.1) is 22.9 Å². The summed E-state index contributed by atoms with van der Waals surface area (Å²) in [6, 6.07) is 3.67. The normalized spacial score (nSPS) is 17.4. The summed E-state index contributed by atoms with van der Waals surface area (Å²) in [5.74, 6) is 0. The summed E-state index contributed by atoms with van der Waals surface area (Å²) in [5, 5.41) is 12.6. The Morgan fingerprint density at radius 1 is 1.48 bits per heavy atom. The van der Waals surface area contributed by atoms with Crippen LogP contribution in [0.4, 0.5) is 19.3 Å². The fourth-order valence-electron chi connectivity index (χ4n) is 2.55. The molecule has 1 heterocycles. The Bertz CT molecular complexity index is 564. The van der Waals surface area contributed by atoms with Gasteiger partial charge in [-0.3, -0.25) is 0 Å². The molecule has 1 saturated heterocycles. The molecule has 1 aromatic rings. The summed E-state index contributed by atoms with van der Waals surface area (Å²) >= 11 is 5.90. The molecular formula is C15H19ClF2N2O3. The average molecular weight is 349 g/mol. The first-order chi connectivity index (χ1) is 10.9. The maximum Gasteiger partial charge on any atom is 0.321 e. The summed E-state index contributed by atoms with van der Waals surface area (Å²) in [4.78, 5) is 13.7. The minimum absolute atomic E-state index is 0.146. The Morgan fingerprint density at radius 3 is 2.70 bits per heavy atom. The van der Waals surface area contributed by atoms with Gasteiger partial charge in [0.2, 0.25) is 0 Å². The third-order valence-corrected chi connectivity index (χ3v) is 4.32. The number of carbonyl (C=O) groups is 1. The zero-order chi connectivity index (χ0) is 17.0. The van der Waals surface area contributed by atoms with E-state index in [-0.39, 0.29) is 22.9 Å². The number of hydrogen-bond donors (Lipinski definition) is 2. The van der Waals surface area contributed by atoms with Crippen LogP contribution in [0.3, 0.4) is 0 Å². The Morgan fingerprint density at radius 2 is 2.13 bits per heavy atom. The lowest BCUT2D eigenvalue weighted by atomic mass is 9.92. The second kappa shape index (κ2) is 7.42. The van der Waals surface area contributed by atoms with Gasteiger partial charge in [-0.2, -0.15) is 0 Å². The quantitative estimate of drug-likeness (QED) is 0.877. The monoisotopic (exact) mass is 348 g/mol. The molecule has 1 aliphatic rings. The van der Waals surface area contributed by atoms with Crippen LogP contribution in [0.5, 0.6) is 0 Å². The molecule has 2 amide bonds. The van der Waals surface area contributed by atoms with E-state index in [9.17, 15) is 18.7 Å². The van der Waals surface area contributed by atoms with Gasteiger partial charge in [0.15, 0.2) is 0 Å². The number of nitrogens with zero attached hydrogens (tertiary/aromatic N) is 1. The van der Waals surface area contributed by atoms with Gasteiger partial charge in [0, 0.05) is 25.8 Å². The van der Waals surface area contributed by atoms with Crippen LogP contribution < -0.4 is 5.32 Å². The van der Waals surface area contributed by atoms with E-state index in [1.54, 1.807) is 0 Å². The van der Waals surface area contributed by atoms with Crippen molar-refractivity contribution < 1.29 is 23.4 Å². The number of ether oxygens (including phenoxy) is 1. The molecule has 1 aliphatic heterocycles. The number of carbonyl (C=O) groups excluding carboxylic acids is 1. The highest BCUT2D eigenvalue weighted by Crippen LogP contribution is 2.33. The van der Waals surface area contributed by atoms with E-state index >= 15 is 0 Å². The van der Waals surface area contributed by atoms with Crippen molar-refractivity contribution in [3.8, 4) is 0 Å². The van der Waals surface area contributed by atoms with Crippen molar-refractivity contribution in [1.82, 2.24) is 4.90 Å². The molecule has 128 valence electrons. The van der Waals surface area contributed by atoms with Crippen molar-refractivity contribution in [2.75, 3.05) is 32.1 Å². The zero-order valence-electron chi connectivity index (χ0n) is 12.7. The van der Waals surface area contributed by atoms with Crippen LogP contribution in [0, 0.1) is 0 Å². The summed E-state index contributed by atoms with van der Waals surface area (Å²) in [6.45, 7) is 0.903. The van der Waals surface area contributed by atoms with Gasteiger partial charge in [-0.15, -0.1) is 0 Å². The van der Waals surface area contributed by atoms with Crippen LogP contribution in [0.1, 0.15) is 24.8 Å². The third kappa shape index (κ3) is 4.31. The van der Waals surface area contributed by atoms with Crippen molar-refractivity contribution in [2.45, 2.75) is 24.9 Å². The van der Waals surface area contributed by atoms with E-state index in [1.165, 1.54) is 30.2 Å². The lowest BCUT2D eigenvalue weighted by Gasteiger charge is -2.37. The van der Waals surface area contributed by atoms with E-state index < -0.39 is 18.1 Å². The van der Waals surface area contributed by atoms with Gasteiger partial charge in [0.1, 0.15) is 0 Å². The SMILES string of the molecule is COCC1(O)CCN(C(=O)Nc2cccc(C(F)F)c2Cl)CC1. The molecule has 2 N–H and O–H groups in total. The number of urea groups is 1. The van der Waals surface area contributed by atoms with Crippen LogP contribution in [0.25, 0.3) is 0 Å². The van der Waals surface area contributed by atoms with Crippen LogP contribution in [0.15, 0.2) is 18.2 Å². The van der Waals surface area contributed by atoms with Crippen LogP contribution >= 0.6 is 11.6 Å². The van der Waals surface area contributed by atoms with Crippen molar-refractivity contribution in [2.24, 2.45) is 0 Å². The van der Waals surface area contributed by atoms with Crippen molar-refractivity contribution in [3.05, 3.63) is 28.8 Å². The van der Waals surface area contributed by atoms with Gasteiger partial charge >= 0.3 is 6.03 Å². The number of benzene rings is 1.